The number of fused-ring (bicyclic) bond motifs is 2. The zero-order chi connectivity index (χ0) is 27.7. The molecule has 2 fully saturated rings. The fourth-order valence-corrected chi connectivity index (χ4v) is 6.93. The highest BCUT2D eigenvalue weighted by Crippen LogP contribution is 2.54. The van der Waals surface area contributed by atoms with Gasteiger partial charge in [-0.05, 0) is 30.9 Å². The Morgan fingerprint density at radius 1 is 1.03 bits per heavy atom. The predicted molar refractivity (Wildman–Crippen MR) is 149 cm³/mol. The third-order valence-corrected chi connectivity index (χ3v) is 8.63. The number of aliphatic hydroxyl groups is 1. The van der Waals surface area contributed by atoms with Gasteiger partial charge < -0.3 is 24.5 Å². The molecule has 3 amide bonds. The summed E-state index contributed by atoms with van der Waals surface area (Å²) < 4.78 is 6.73. The van der Waals surface area contributed by atoms with Gasteiger partial charge >= 0.3 is 0 Å². The molecule has 8 heteroatoms. The molecule has 1 N–H and O–H groups in total. The Labute approximate surface area is 231 Å². The lowest BCUT2D eigenvalue weighted by Crippen LogP contribution is -2.58. The van der Waals surface area contributed by atoms with Crippen LogP contribution in [0.5, 0.6) is 0 Å². The lowest BCUT2D eigenvalue weighted by Gasteiger charge is -2.39. The van der Waals surface area contributed by atoms with Crippen LogP contribution in [0.4, 0.5) is 5.69 Å². The number of likely N-dealkylation sites (tertiary alicyclic amines) is 1. The fourth-order valence-electron chi connectivity index (χ4n) is 6.93. The average molecular weight is 536 g/mol. The second kappa shape index (κ2) is 11.3. The summed E-state index contributed by atoms with van der Waals surface area (Å²) >= 11 is 0. The van der Waals surface area contributed by atoms with Crippen molar-refractivity contribution in [2.45, 2.75) is 70.2 Å². The molecule has 2 saturated heterocycles. The largest absolute Gasteiger partial charge is 0.394 e. The Balaban J connectivity index is 1.58. The molecule has 4 aliphatic rings. The molecule has 210 valence electrons. The van der Waals surface area contributed by atoms with Crippen LogP contribution in [0.25, 0.3) is 0 Å². The van der Waals surface area contributed by atoms with Crippen LogP contribution in [0.15, 0.2) is 54.6 Å². The maximum atomic E-state index is 14.4. The van der Waals surface area contributed by atoms with E-state index in [2.05, 4.69) is 6.92 Å². The molecule has 39 heavy (non-hydrogen) atoms. The molecular weight excluding hydrogens is 494 g/mol. The molecule has 6 atom stereocenters. The molecular formula is C31H41N3O5. The molecule has 1 unspecified atom stereocenters. The van der Waals surface area contributed by atoms with Crippen LogP contribution in [-0.4, -0.2) is 82.7 Å². The van der Waals surface area contributed by atoms with Gasteiger partial charge in [0.1, 0.15) is 11.6 Å². The number of rotatable bonds is 9. The summed E-state index contributed by atoms with van der Waals surface area (Å²) in [6.45, 7) is 7.35. The number of carbonyl (C=O) groups is 3. The second-order valence-corrected chi connectivity index (χ2v) is 11.7. The van der Waals surface area contributed by atoms with E-state index in [1.54, 1.807) is 9.80 Å². The quantitative estimate of drug-likeness (QED) is 0.388. The van der Waals surface area contributed by atoms with Crippen LogP contribution in [-0.2, 0) is 19.1 Å². The van der Waals surface area contributed by atoms with Crippen molar-refractivity contribution < 1.29 is 24.2 Å². The molecule has 0 radical (unpaired) electrons. The number of benzene rings is 1. The van der Waals surface area contributed by atoms with E-state index >= 15 is 0 Å². The minimum atomic E-state index is -1.27. The number of hydrogen-bond donors (Lipinski definition) is 1. The van der Waals surface area contributed by atoms with Crippen LogP contribution in [0, 0.1) is 17.8 Å². The molecule has 4 aliphatic heterocycles. The van der Waals surface area contributed by atoms with Gasteiger partial charge in [0.15, 0.2) is 0 Å². The SMILES string of the molecule is CCCCCN1CC=C[C@]23O[C@H]4C=CCN(c5ccccc5)C(=O)[C@H]4[C@H]2C(=O)N([C@@H](CO)CC(C)C)C3C1=O. The smallest absolute Gasteiger partial charge is 0.249 e. The number of aliphatic hydroxyl groups excluding tert-OH is 1. The first-order valence-corrected chi connectivity index (χ1v) is 14.4. The second-order valence-electron chi connectivity index (χ2n) is 11.7. The lowest BCUT2D eigenvalue weighted by molar-refractivity contribution is -0.150. The first-order chi connectivity index (χ1) is 18.8. The van der Waals surface area contributed by atoms with Crippen molar-refractivity contribution in [1.82, 2.24) is 9.80 Å². The normalized spacial score (nSPS) is 30.9. The number of unbranched alkanes of at least 4 members (excludes halogenated alkanes) is 2. The minimum absolute atomic E-state index is 0.165. The Bertz CT molecular complexity index is 1130. The predicted octanol–water partition coefficient (Wildman–Crippen LogP) is 3.17. The van der Waals surface area contributed by atoms with Crippen LogP contribution in [0.2, 0.25) is 0 Å². The highest BCUT2D eigenvalue weighted by molar-refractivity contribution is 6.03. The fraction of sp³-hybridized carbons (Fsp3) is 0.581. The zero-order valence-corrected chi connectivity index (χ0v) is 23.2. The van der Waals surface area contributed by atoms with E-state index in [9.17, 15) is 19.5 Å². The minimum Gasteiger partial charge on any atom is -0.394 e. The lowest BCUT2D eigenvalue weighted by atomic mass is 9.77. The Kier molecular flexibility index (Phi) is 7.96. The van der Waals surface area contributed by atoms with Crippen molar-refractivity contribution in [2.75, 3.05) is 31.1 Å². The van der Waals surface area contributed by atoms with Crippen molar-refractivity contribution in [1.29, 1.82) is 0 Å². The molecule has 0 aromatic heterocycles. The van der Waals surface area contributed by atoms with Gasteiger partial charge in [0.25, 0.3) is 0 Å². The number of ether oxygens (including phenoxy) is 1. The highest BCUT2D eigenvalue weighted by Gasteiger charge is 2.72. The van der Waals surface area contributed by atoms with Crippen LogP contribution in [0.3, 0.4) is 0 Å². The number of anilines is 1. The van der Waals surface area contributed by atoms with Gasteiger partial charge in [-0.2, -0.15) is 0 Å². The van der Waals surface area contributed by atoms with Gasteiger partial charge in [0.2, 0.25) is 17.7 Å². The number of para-hydroxylation sites is 1. The van der Waals surface area contributed by atoms with Crippen LogP contribution in [0.1, 0.15) is 46.5 Å². The third-order valence-electron chi connectivity index (χ3n) is 8.63. The van der Waals surface area contributed by atoms with Gasteiger partial charge in [-0.25, -0.2) is 0 Å². The van der Waals surface area contributed by atoms with Gasteiger partial charge in [-0.1, -0.05) is 76.1 Å². The van der Waals surface area contributed by atoms with Crippen molar-refractivity contribution in [3.63, 3.8) is 0 Å². The molecule has 1 aromatic rings. The summed E-state index contributed by atoms with van der Waals surface area (Å²) in [5.74, 6) is -2.05. The molecule has 0 saturated carbocycles. The molecule has 5 rings (SSSR count). The van der Waals surface area contributed by atoms with Gasteiger partial charge in [-0.15, -0.1) is 0 Å². The molecule has 1 aromatic carbocycles. The van der Waals surface area contributed by atoms with E-state index in [4.69, 9.17) is 4.74 Å². The molecule has 0 aliphatic carbocycles. The molecule has 1 spiro atoms. The number of carbonyl (C=O) groups excluding carboxylic acids is 3. The Morgan fingerprint density at radius 2 is 1.79 bits per heavy atom. The summed E-state index contributed by atoms with van der Waals surface area (Å²) in [6, 6.07) is 7.98. The summed E-state index contributed by atoms with van der Waals surface area (Å²) in [7, 11) is 0. The van der Waals surface area contributed by atoms with Gasteiger partial charge in [-0.3, -0.25) is 14.4 Å². The first kappa shape index (κ1) is 27.6. The number of nitrogens with zero attached hydrogens (tertiary/aromatic N) is 3. The van der Waals surface area contributed by atoms with Crippen molar-refractivity contribution in [3.8, 4) is 0 Å². The van der Waals surface area contributed by atoms with E-state index in [-0.39, 0.29) is 30.2 Å². The third kappa shape index (κ3) is 4.72. The average Bonchev–Trinajstić information content (AvgIpc) is 3.25. The van der Waals surface area contributed by atoms with E-state index < -0.39 is 35.6 Å². The van der Waals surface area contributed by atoms with E-state index in [0.717, 1.165) is 24.9 Å². The molecule has 0 bridgehead atoms. The number of amides is 3. The zero-order valence-electron chi connectivity index (χ0n) is 23.2. The summed E-state index contributed by atoms with van der Waals surface area (Å²) in [4.78, 5) is 48.0. The standard InChI is InChI=1S/C31H41N3O5/c1-4-5-9-16-32-17-11-15-31-26(29(37)34(27(31)30(32)38)23(20-35)19-21(2)3)25-24(39-31)14-10-18-33(28(25)36)22-12-7-6-8-13-22/h6-8,10-15,21,23-27,35H,4-5,9,16-20H2,1-3H3/t23-,24+,25-,26+,27?,31+/m1/s1. The van der Waals surface area contributed by atoms with E-state index in [1.807, 2.05) is 73.4 Å². The van der Waals surface area contributed by atoms with Crippen LogP contribution < -0.4 is 4.90 Å². The topological polar surface area (TPSA) is 90.4 Å². The summed E-state index contributed by atoms with van der Waals surface area (Å²) in [5, 5.41) is 10.5. The van der Waals surface area contributed by atoms with Gasteiger partial charge in [0.05, 0.1) is 30.6 Å². The summed E-state index contributed by atoms with van der Waals surface area (Å²) in [5.41, 5.74) is -0.511. The Morgan fingerprint density at radius 3 is 2.49 bits per heavy atom. The van der Waals surface area contributed by atoms with E-state index in [0.29, 0.717) is 26.1 Å². The van der Waals surface area contributed by atoms with Crippen LogP contribution >= 0.6 is 0 Å². The molecule has 8 nitrogen and oxygen atoms in total. The van der Waals surface area contributed by atoms with Crippen molar-refractivity contribution >= 4 is 23.4 Å². The maximum absolute atomic E-state index is 14.4. The number of hydrogen-bond acceptors (Lipinski definition) is 5. The summed E-state index contributed by atoms with van der Waals surface area (Å²) in [6.07, 6.45) is 10.5. The van der Waals surface area contributed by atoms with E-state index in [1.165, 1.54) is 0 Å². The highest BCUT2D eigenvalue weighted by atomic mass is 16.5. The Hall–Kier alpha value is -2.97. The van der Waals surface area contributed by atoms with Gasteiger partial charge in [0, 0.05) is 25.3 Å². The maximum Gasteiger partial charge on any atom is 0.249 e. The van der Waals surface area contributed by atoms with Crippen molar-refractivity contribution in [3.05, 3.63) is 54.6 Å². The van der Waals surface area contributed by atoms with Crippen molar-refractivity contribution in [2.24, 2.45) is 17.8 Å². The molecule has 4 heterocycles. The first-order valence-electron chi connectivity index (χ1n) is 14.4. The monoisotopic (exact) mass is 535 g/mol.